The first-order valence-electron chi connectivity index (χ1n) is 7.88. The van der Waals surface area contributed by atoms with Crippen molar-refractivity contribution in [2.24, 2.45) is 0 Å². The smallest absolute Gasteiger partial charge is 0.136 e. The summed E-state index contributed by atoms with van der Waals surface area (Å²) >= 11 is 5.71. The molecule has 0 amide bonds. The average molecular weight is 328 g/mol. The molecular formula is C21H16N2S. The van der Waals surface area contributed by atoms with Crippen LogP contribution >= 0.6 is 12.2 Å². The highest BCUT2D eigenvalue weighted by atomic mass is 32.1. The summed E-state index contributed by atoms with van der Waals surface area (Å²) in [5.74, 6) is 0. The Morgan fingerprint density at radius 1 is 0.750 bits per heavy atom. The molecule has 3 aromatic carbocycles. The molecule has 1 aromatic heterocycles. The Morgan fingerprint density at radius 3 is 2.08 bits per heavy atom. The average Bonchev–Trinajstić information content (AvgIpc) is 2.64. The summed E-state index contributed by atoms with van der Waals surface area (Å²) in [4.78, 5) is 0. The van der Waals surface area contributed by atoms with E-state index in [1.54, 1.807) is 0 Å². The summed E-state index contributed by atoms with van der Waals surface area (Å²) in [6, 6.07) is 26.7. The Labute approximate surface area is 146 Å². The van der Waals surface area contributed by atoms with Crippen LogP contribution in [0.15, 0.2) is 78.9 Å². The molecule has 0 saturated carbocycles. The van der Waals surface area contributed by atoms with E-state index in [9.17, 15) is 0 Å². The minimum Gasteiger partial charge on any atom is -0.222 e. The summed E-state index contributed by atoms with van der Waals surface area (Å²) in [5, 5.41) is 7.01. The van der Waals surface area contributed by atoms with Crippen molar-refractivity contribution in [1.29, 1.82) is 0 Å². The third-order valence-corrected chi connectivity index (χ3v) is 4.52. The van der Waals surface area contributed by atoms with Gasteiger partial charge in [-0.15, -0.1) is 0 Å². The lowest BCUT2D eigenvalue weighted by molar-refractivity contribution is 0.847. The van der Waals surface area contributed by atoms with Crippen molar-refractivity contribution in [3.05, 3.63) is 89.1 Å². The first-order valence-corrected chi connectivity index (χ1v) is 8.29. The number of benzene rings is 3. The van der Waals surface area contributed by atoms with Crippen LogP contribution in [0, 0.1) is 11.6 Å². The number of para-hydroxylation sites is 1. The third-order valence-electron chi connectivity index (χ3n) is 4.13. The molecule has 4 rings (SSSR count). The number of aryl methyl sites for hydroxylation is 1. The first-order chi connectivity index (χ1) is 11.7. The van der Waals surface area contributed by atoms with Crippen molar-refractivity contribution in [3.63, 3.8) is 0 Å². The second-order valence-electron chi connectivity index (χ2n) is 5.81. The van der Waals surface area contributed by atoms with Crippen molar-refractivity contribution in [2.45, 2.75) is 6.92 Å². The highest BCUT2D eigenvalue weighted by Gasteiger charge is 2.11. The normalized spacial score (nSPS) is 10.9. The second-order valence-corrected chi connectivity index (χ2v) is 6.20. The van der Waals surface area contributed by atoms with Gasteiger partial charge in [0.05, 0.1) is 11.4 Å². The molecule has 24 heavy (non-hydrogen) atoms. The molecule has 0 fully saturated rings. The van der Waals surface area contributed by atoms with E-state index >= 15 is 0 Å². The Morgan fingerprint density at radius 2 is 1.38 bits per heavy atom. The monoisotopic (exact) mass is 328 g/mol. The van der Waals surface area contributed by atoms with Crippen LogP contribution < -0.4 is 0 Å². The standard InChI is InChI=1S/C21H16N2S/c1-15-11-13-16(14-12-15)20-18-9-5-6-10-19(18)21(24)23(22-20)17-7-3-2-4-8-17/h2-14H,1H3. The van der Waals surface area contributed by atoms with Gasteiger partial charge in [-0.25, -0.2) is 4.68 Å². The molecule has 4 aromatic rings. The maximum atomic E-state index is 5.71. The molecule has 0 bridgehead atoms. The van der Waals surface area contributed by atoms with Crippen molar-refractivity contribution >= 4 is 23.0 Å². The Hall–Kier alpha value is -2.78. The molecule has 0 atom stereocenters. The molecule has 1 heterocycles. The van der Waals surface area contributed by atoms with Crippen LogP contribution in [0.5, 0.6) is 0 Å². The lowest BCUT2D eigenvalue weighted by atomic mass is 10.0. The maximum Gasteiger partial charge on any atom is 0.136 e. The minimum atomic E-state index is 0.729. The molecule has 0 saturated heterocycles. The predicted octanol–water partition coefficient (Wildman–Crippen LogP) is 5.73. The number of hydrogen-bond donors (Lipinski definition) is 0. The number of rotatable bonds is 2. The van der Waals surface area contributed by atoms with Crippen molar-refractivity contribution in [3.8, 4) is 16.9 Å². The van der Waals surface area contributed by atoms with E-state index in [1.807, 2.05) is 47.1 Å². The van der Waals surface area contributed by atoms with E-state index in [0.717, 1.165) is 32.4 Å². The fourth-order valence-corrected chi connectivity index (χ4v) is 3.18. The highest BCUT2D eigenvalue weighted by molar-refractivity contribution is 7.71. The molecule has 0 aliphatic rings. The molecule has 0 aliphatic carbocycles. The van der Waals surface area contributed by atoms with Gasteiger partial charge in [-0.05, 0) is 19.1 Å². The van der Waals surface area contributed by atoms with Crippen molar-refractivity contribution < 1.29 is 0 Å². The second kappa shape index (κ2) is 6.02. The van der Waals surface area contributed by atoms with E-state index in [-0.39, 0.29) is 0 Å². The molecule has 0 spiro atoms. The third kappa shape index (κ3) is 2.53. The Balaban J connectivity index is 2.08. The van der Waals surface area contributed by atoms with Crippen LogP contribution in [0.25, 0.3) is 27.7 Å². The number of aromatic nitrogens is 2. The zero-order valence-corrected chi connectivity index (χ0v) is 14.1. The van der Waals surface area contributed by atoms with Gasteiger partial charge in [-0.2, -0.15) is 5.10 Å². The van der Waals surface area contributed by atoms with Crippen LogP contribution in [-0.4, -0.2) is 9.78 Å². The van der Waals surface area contributed by atoms with Crippen LogP contribution in [-0.2, 0) is 0 Å². The van der Waals surface area contributed by atoms with Gasteiger partial charge >= 0.3 is 0 Å². The lowest BCUT2D eigenvalue weighted by Crippen LogP contribution is -2.05. The molecule has 0 radical (unpaired) electrons. The minimum absolute atomic E-state index is 0.729. The van der Waals surface area contributed by atoms with Gasteiger partial charge in [0.1, 0.15) is 4.64 Å². The quantitative estimate of drug-likeness (QED) is 0.437. The molecule has 0 N–H and O–H groups in total. The van der Waals surface area contributed by atoms with E-state index in [0.29, 0.717) is 0 Å². The van der Waals surface area contributed by atoms with Gasteiger partial charge in [0.15, 0.2) is 0 Å². The summed E-state index contributed by atoms with van der Waals surface area (Å²) in [5.41, 5.74) is 4.25. The molecule has 116 valence electrons. The molecule has 3 heteroatoms. The van der Waals surface area contributed by atoms with Crippen LogP contribution in [0.3, 0.4) is 0 Å². The van der Waals surface area contributed by atoms with E-state index in [4.69, 9.17) is 17.3 Å². The summed E-state index contributed by atoms with van der Waals surface area (Å²) in [6.07, 6.45) is 0. The summed E-state index contributed by atoms with van der Waals surface area (Å²) < 4.78 is 2.58. The van der Waals surface area contributed by atoms with Gasteiger partial charge in [0, 0.05) is 16.3 Å². The van der Waals surface area contributed by atoms with Crippen LogP contribution in [0.1, 0.15) is 5.56 Å². The Kier molecular flexibility index (Phi) is 3.71. The topological polar surface area (TPSA) is 17.8 Å². The molecule has 0 unspecified atom stereocenters. The fourth-order valence-electron chi connectivity index (χ4n) is 2.86. The highest BCUT2D eigenvalue weighted by Crippen LogP contribution is 2.28. The number of nitrogens with zero attached hydrogens (tertiary/aromatic N) is 2. The van der Waals surface area contributed by atoms with Crippen LogP contribution in [0.4, 0.5) is 0 Å². The van der Waals surface area contributed by atoms with E-state index < -0.39 is 0 Å². The van der Waals surface area contributed by atoms with Gasteiger partial charge < -0.3 is 0 Å². The number of fused-ring (bicyclic) bond motifs is 1. The van der Waals surface area contributed by atoms with Crippen molar-refractivity contribution in [1.82, 2.24) is 9.78 Å². The molecule has 0 aliphatic heterocycles. The predicted molar refractivity (Wildman–Crippen MR) is 102 cm³/mol. The molecule has 2 nitrogen and oxygen atoms in total. The first kappa shape index (κ1) is 14.8. The van der Waals surface area contributed by atoms with Gasteiger partial charge in [0.2, 0.25) is 0 Å². The van der Waals surface area contributed by atoms with Crippen molar-refractivity contribution in [2.75, 3.05) is 0 Å². The lowest BCUT2D eigenvalue weighted by Gasteiger charge is -2.13. The Bertz CT molecular complexity index is 1060. The zero-order valence-electron chi connectivity index (χ0n) is 13.3. The largest absolute Gasteiger partial charge is 0.222 e. The zero-order chi connectivity index (χ0) is 16.5. The van der Waals surface area contributed by atoms with Gasteiger partial charge in [0.25, 0.3) is 0 Å². The van der Waals surface area contributed by atoms with Gasteiger partial charge in [-0.1, -0.05) is 84.5 Å². The maximum absolute atomic E-state index is 5.71. The van der Waals surface area contributed by atoms with E-state index in [2.05, 4.69) is 43.3 Å². The fraction of sp³-hybridized carbons (Fsp3) is 0.0476. The molecular weight excluding hydrogens is 312 g/mol. The SMILES string of the molecule is Cc1ccc(-c2nn(-c3ccccc3)c(=S)c3ccccc23)cc1. The van der Waals surface area contributed by atoms with Crippen LogP contribution in [0.2, 0.25) is 0 Å². The van der Waals surface area contributed by atoms with Gasteiger partial charge in [-0.3, -0.25) is 0 Å². The van der Waals surface area contributed by atoms with E-state index in [1.165, 1.54) is 5.56 Å². The summed E-state index contributed by atoms with van der Waals surface area (Å²) in [7, 11) is 0. The number of hydrogen-bond acceptors (Lipinski definition) is 2. The summed E-state index contributed by atoms with van der Waals surface area (Å²) in [6.45, 7) is 2.09.